The van der Waals surface area contributed by atoms with Crippen molar-refractivity contribution in [1.29, 1.82) is 0 Å². The van der Waals surface area contributed by atoms with Gasteiger partial charge in [0.1, 0.15) is 5.54 Å². The molecule has 0 saturated heterocycles. The van der Waals surface area contributed by atoms with Crippen LogP contribution in [0.4, 0.5) is 0 Å². The molecular formula is C11H12N2O4S. The molecule has 0 aliphatic heterocycles. The van der Waals surface area contributed by atoms with Crippen LogP contribution in [-0.2, 0) is 9.59 Å². The van der Waals surface area contributed by atoms with Gasteiger partial charge in [0.25, 0.3) is 5.91 Å². The zero-order valence-electron chi connectivity index (χ0n) is 9.43. The van der Waals surface area contributed by atoms with E-state index >= 15 is 0 Å². The monoisotopic (exact) mass is 268 g/mol. The number of carboxylic acids is 1. The number of rotatable bonds is 5. The van der Waals surface area contributed by atoms with E-state index in [-0.39, 0.29) is 12.5 Å². The Kier molecular flexibility index (Phi) is 3.33. The number of nitrogens with one attached hydrogen (secondary N) is 2. The van der Waals surface area contributed by atoms with Crippen LogP contribution in [0.15, 0.2) is 17.5 Å². The highest BCUT2D eigenvalue weighted by Crippen LogP contribution is 2.35. The van der Waals surface area contributed by atoms with Gasteiger partial charge in [-0.05, 0) is 24.3 Å². The van der Waals surface area contributed by atoms with Gasteiger partial charge in [0.05, 0.1) is 11.4 Å². The topological polar surface area (TPSA) is 95.5 Å². The van der Waals surface area contributed by atoms with Crippen molar-refractivity contribution in [2.75, 3.05) is 6.54 Å². The van der Waals surface area contributed by atoms with Crippen molar-refractivity contribution in [3.05, 3.63) is 22.4 Å². The molecule has 0 atom stereocenters. The van der Waals surface area contributed by atoms with Crippen LogP contribution in [0.25, 0.3) is 0 Å². The normalized spacial score (nSPS) is 15.8. The summed E-state index contributed by atoms with van der Waals surface area (Å²) in [5.41, 5.74) is -1.11. The second-order valence-corrected chi connectivity index (χ2v) is 5.04. The van der Waals surface area contributed by atoms with Crippen molar-refractivity contribution >= 4 is 29.1 Å². The van der Waals surface area contributed by atoms with Crippen LogP contribution < -0.4 is 10.6 Å². The van der Waals surface area contributed by atoms with Crippen LogP contribution in [0, 0.1) is 0 Å². The zero-order valence-corrected chi connectivity index (χ0v) is 10.3. The van der Waals surface area contributed by atoms with Crippen LogP contribution >= 0.6 is 11.3 Å². The molecule has 0 radical (unpaired) electrons. The molecule has 0 bridgehead atoms. The summed E-state index contributed by atoms with van der Waals surface area (Å²) in [6.07, 6.45) is 0.875. The lowest BCUT2D eigenvalue weighted by molar-refractivity contribution is -0.143. The Morgan fingerprint density at radius 2 is 2.11 bits per heavy atom. The largest absolute Gasteiger partial charge is 0.480 e. The molecule has 1 aromatic rings. The lowest BCUT2D eigenvalue weighted by atomic mass is 10.3. The lowest BCUT2D eigenvalue weighted by Gasteiger charge is -2.12. The molecule has 0 unspecified atom stereocenters. The molecule has 0 aromatic carbocycles. The van der Waals surface area contributed by atoms with Crippen LogP contribution in [0.3, 0.4) is 0 Å². The standard InChI is InChI=1S/C11H12N2O4S/c14-8(13-11(3-4-11)10(16)17)6-12-9(15)7-2-1-5-18-7/h1-2,5H,3-4,6H2,(H,12,15)(H,13,14)(H,16,17). The summed E-state index contributed by atoms with van der Waals surface area (Å²) in [5.74, 6) is -1.85. The molecule has 1 aliphatic rings. The number of hydrogen-bond acceptors (Lipinski definition) is 4. The average molecular weight is 268 g/mol. The van der Waals surface area contributed by atoms with Crippen molar-refractivity contribution in [2.24, 2.45) is 0 Å². The van der Waals surface area contributed by atoms with Gasteiger partial charge in [-0.2, -0.15) is 0 Å². The van der Waals surface area contributed by atoms with Crippen LogP contribution in [-0.4, -0.2) is 35.0 Å². The maximum Gasteiger partial charge on any atom is 0.329 e. The Bertz CT molecular complexity index is 479. The van der Waals surface area contributed by atoms with Gasteiger partial charge in [-0.15, -0.1) is 11.3 Å². The molecule has 2 amide bonds. The second kappa shape index (κ2) is 4.77. The molecule has 1 heterocycles. The van der Waals surface area contributed by atoms with Crippen LogP contribution in [0.5, 0.6) is 0 Å². The highest BCUT2D eigenvalue weighted by atomic mass is 32.1. The number of hydrogen-bond donors (Lipinski definition) is 3. The third-order valence-corrected chi connectivity index (χ3v) is 3.56. The Morgan fingerprint density at radius 3 is 2.61 bits per heavy atom. The summed E-state index contributed by atoms with van der Waals surface area (Å²) in [5, 5.41) is 15.5. The summed E-state index contributed by atoms with van der Waals surface area (Å²) < 4.78 is 0. The van der Waals surface area contributed by atoms with Gasteiger partial charge in [0, 0.05) is 0 Å². The number of carboxylic acid groups (broad SMARTS) is 1. The number of carbonyl (C=O) groups is 3. The molecule has 2 rings (SSSR count). The van der Waals surface area contributed by atoms with Gasteiger partial charge in [-0.3, -0.25) is 9.59 Å². The molecule has 1 fully saturated rings. The zero-order chi connectivity index (χ0) is 13.2. The number of amides is 2. The van der Waals surface area contributed by atoms with E-state index in [1.807, 2.05) is 0 Å². The molecule has 1 aromatic heterocycles. The molecule has 7 heteroatoms. The van der Waals surface area contributed by atoms with E-state index in [2.05, 4.69) is 10.6 Å². The number of aliphatic carboxylic acids is 1. The SMILES string of the molecule is O=C(CNC(=O)c1cccs1)NC1(C(=O)O)CC1. The van der Waals surface area contributed by atoms with Gasteiger partial charge in [0.15, 0.2) is 0 Å². The minimum absolute atomic E-state index is 0.217. The summed E-state index contributed by atoms with van der Waals surface area (Å²) in [4.78, 5) is 34.4. The molecular weight excluding hydrogens is 256 g/mol. The van der Waals surface area contributed by atoms with Crippen LogP contribution in [0.2, 0.25) is 0 Å². The Labute approximate surface area is 107 Å². The van der Waals surface area contributed by atoms with E-state index in [0.717, 1.165) is 0 Å². The lowest BCUT2D eigenvalue weighted by Crippen LogP contribution is -2.47. The van der Waals surface area contributed by atoms with Gasteiger partial charge in [0.2, 0.25) is 5.91 Å². The fourth-order valence-corrected chi connectivity index (χ4v) is 2.12. The molecule has 3 N–H and O–H groups in total. The maximum atomic E-state index is 11.5. The highest BCUT2D eigenvalue weighted by Gasteiger charge is 2.51. The van der Waals surface area contributed by atoms with Crippen molar-refractivity contribution in [1.82, 2.24) is 10.6 Å². The van der Waals surface area contributed by atoms with Gasteiger partial charge in [-0.1, -0.05) is 6.07 Å². The van der Waals surface area contributed by atoms with Crippen molar-refractivity contribution < 1.29 is 19.5 Å². The minimum Gasteiger partial charge on any atom is -0.480 e. The summed E-state index contributed by atoms with van der Waals surface area (Å²) in [6, 6.07) is 3.39. The van der Waals surface area contributed by atoms with Gasteiger partial charge < -0.3 is 15.7 Å². The minimum atomic E-state index is -1.11. The molecule has 1 aliphatic carbocycles. The summed E-state index contributed by atoms with van der Waals surface area (Å²) in [6.45, 7) is -0.217. The van der Waals surface area contributed by atoms with Crippen molar-refractivity contribution in [3.63, 3.8) is 0 Å². The smallest absolute Gasteiger partial charge is 0.329 e. The van der Waals surface area contributed by atoms with E-state index in [1.54, 1.807) is 17.5 Å². The van der Waals surface area contributed by atoms with E-state index in [1.165, 1.54) is 11.3 Å². The quantitative estimate of drug-likeness (QED) is 0.711. The summed E-state index contributed by atoms with van der Waals surface area (Å²) in [7, 11) is 0. The fourth-order valence-electron chi connectivity index (χ4n) is 1.48. The first-order valence-corrected chi connectivity index (χ1v) is 6.28. The first-order chi connectivity index (χ1) is 8.53. The first kappa shape index (κ1) is 12.6. The molecule has 1 saturated carbocycles. The van der Waals surface area contributed by atoms with E-state index in [4.69, 9.17) is 5.11 Å². The first-order valence-electron chi connectivity index (χ1n) is 5.40. The highest BCUT2D eigenvalue weighted by molar-refractivity contribution is 7.12. The Morgan fingerprint density at radius 1 is 1.39 bits per heavy atom. The Hall–Kier alpha value is -1.89. The van der Waals surface area contributed by atoms with E-state index < -0.39 is 17.4 Å². The number of thiophene rings is 1. The fraction of sp³-hybridized carbons (Fsp3) is 0.364. The van der Waals surface area contributed by atoms with Crippen molar-refractivity contribution in [2.45, 2.75) is 18.4 Å². The summed E-state index contributed by atoms with van der Waals surface area (Å²) >= 11 is 1.28. The van der Waals surface area contributed by atoms with Crippen LogP contribution in [0.1, 0.15) is 22.5 Å². The maximum absolute atomic E-state index is 11.5. The van der Waals surface area contributed by atoms with Gasteiger partial charge >= 0.3 is 5.97 Å². The third-order valence-electron chi connectivity index (χ3n) is 2.69. The number of carbonyl (C=O) groups excluding carboxylic acids is 2. The Balaban J connectivity index is 1.79. The third kappa shape index (κ3) is 2.67. The van der Waals surface area contributed by atoms with E-state index in [0.29, 0.717) is 17.7 Å². The van der Waals surface area contributed by atoms with Crippen molar-refractivity contribution in [3.8, 4) is 0 Å². The second-order valence-electron chi connectivity index (χ2n) is 4.10. The average Bonchev–Trinajstić information content (AvgIpc) is 2.91. The van der Waals surface area contributed by atoms with E-state index in [9.17, 15) is 14.4 Å². The molecule has 96 valence electrons. The molecule has 6 nitrogen and oxygen atoms in total. The van der Waals surface area contributed by atoms with Gasteiger partial charge in [-0.25, -0.2) is 4.79 Å². The predicted octanol–water partition coefficient (Wildman–Crippen LogP) is 0.211. The molecule has 18 heavy (non-hydrogen) atoms. The molecule has 0 spiro atoms. The predicted molar refractivity (Wildman–Crippen MR) is 64.4 cm³/mol.